The van der Waals surface area contributed by atoms with Gasteiger partial charge in [-0.1, -0.05) is 24.3 Å². The Morgan fingerprint density at radius 1 is 1.07 bits per heavy atom. The zero-order chi connectivity index (χ0) is 18.8. The van der Waals surface area contributed by atoms with Crippen molar-refractivity contribution in [3.63, 3.8) is 0 Å². The molecule has 150 valence electrons. The first-order chi connectivity index (χ1) is 12.5. The fraction of sp³-hybridized carbons (Fsp3) is 0.389. The number of guanidine groups is 1. The second kappa shape index (κ2) is 12.2. The average molecular weight is 513 g/mol. The van der Waals surface area contributed by atoms with Crippen LogP contribution in [0.2, 0.25) is 0 Å². The van der Waals surface area contributed by atoms with Crippen LogP contribution in [0.15, 0.2) is 46.1 Å². The van der Waals surface area contributed by atoms with Crippen LogP contribution in [0.3, 0.4) is 0 Å². The largest absolute Gasteiger partial charge is 0.411 e. The Morgan fingerprint density at radius 3 is 2.37 bits per heavy atom. The van der Waals surface area contributed by atoms with Crippen molar-refractivity contribution in [2.24, 2.45) is 4.99 Å². The molecule has 9 heteroatoms. The Kier molecular flexibility index (Phi) is 10.7. The van der Waals surface area contributed by atoms with Crippen LogP contribution in [0, 0.1) is 0 Å². The number of aliphatic imine (C=N–C) groups is 1. The number of hydrogen-bond donors (Lipinski definition) is 2. The van der Waals surface area contributed by atoms with Crippen LogP contribution in [0.1, 0.15) is 23.6 Å². The van der Waals surface area contributed by atoms with Gasteiger partial charge in [0.2, 0.25) is 0 Å². The van der Waals surface area contributed by atoms with Crippen LogP contribution in [0.5, 0.6) is 0 Å². The number of ether oxygens (including phenoxy) is 1. The topological polar surface area (TPSA) is 45.7 Å². The van der Waals surface area contributed by atoms with Gasteiger partial charge in [-0.2, -0.15) is 24.5 Å². The zero-order valence-electron chi connectivity index (χ0n) is 14.9. The molecule has 0 fully saturated rings. The molecular weight excluding hydrogens is 490 g/mol. The van der Waals surface area contributed by atoms with E-state index < -0.39 is 12.8 Å². The van der Waals surface area contributed by atoms with Gasteiger partial charge in [0, 0.05) is 13.1 Å². The second-order valence-electron chi connectivity index (χ2n) is 5.60. The Hall–Kier alpha value is -1.33. The molecule has 0 spiro atoms. The van der Waals surface area contributed by atoms with Gasteiger partial charge in [-0.15, -0.1) is 24.0 Å². The van der Waals surface area contributed by atoms with Gasteiger partial charge in [0.05, 0.1) is 13.2 Å². The van der Waals surface area contributed by atoms with Gasteiger partial charge in [-0.3, -0.25) is 0 Å². The molecule has 1 aromatic carbocycles. The molecule has 0 atom stereocenters. The van der Waals surface area contributed by atoms with Crippen molar-refractivity contribution in [1.82, 2.24) is 10.6 Å². The number of nitrogens with zero attached hydrogens (tertiary/aromatic N) is 1. The molecule has 0 bridgehead atoms. The Labute approximate surface area is 178 Å². The molecule has 0 radical (unpaired) electrons. The summed E-state index contributed by atoms with van der Waals surface area (Å²) < 4.78 is 40.8. The summed E-state index contributed by atoms with van der Waals surface area (Å²) >= 11 is 1.64. The minimum Gasteiger partial charge on any atom is -0.367 e. The third-order valence-corrected chi connectivity index (χ3v) is 4.09. The van der Waals surface area contributed by atoms with E-state index in [1.807, 2.05) is 30.5 Å². The number of halogens is 4. The van der Waals surface area contributed by atoms with E-state index in [1.54, 1.807) is 23.5 Å². The molecule has 4 nitrogen and oxygen atoms in total. The minimum absolute atomic E-state index is 0. The molecule has 0 saturated heterocycles. The molecule has 0 aliphatic rings. The van der Waals surface area contributed by atoms with Crippen LogP contribution < -0.4 is 10.6 Å². The fourth-order valence-corrected chi connectivity index (χ4v) is 2.78. The van der Waals surface area contributed by atoms with E-state index >= 15 is 0 Å². The first-order valence-corrected chi connectivity index (χ1v) is 9.16. The second-order valence-corrected chi connectivity index (χ2v) is 6.38. The molecule has 2 rings (SSSR count). The average Bonchev–Trinajstić information content (AvgIpc) is 3.11. The molecule has 27 heavy (non-hydrogen) atoms. The molecule has 2 aromatic rings. The summed E-state index contributed by atoms with van der Waals surface area (Å²) in [6, 6.07) is 9.30. The maximum atomic E-state index is 12.1. The summed E-state index contributed by atoms with van der Waals surface area (Å²) in [7, 11) is 0. The first kappa shape index (κ1) is 23.7. The van der Waals surface area contributed by atoms with Crippen LogP contribution in [0.4, 0.5) is 13.2 Å². The molecular formula is C18H23F3IN3OS. The minimum atomic E-state index is -4.30. The van der Waals surface area contributed by atoms with Gasteiger partial charge >= 0.3 is 6.18 Å². The molecule has 0 aliphatic heterocycles. The molecule has 0 saturated carbocycles. The maximum Gasteiger partial charge on any atom is 0.411 e. The normalized spacial score (nSPS) is 11.8. The zero-order valence-corrected chi connectivity index (χ0v) is 18.0. The standard InChI is InChI=1S/C18H22F3N3OS.HI/c1-2-22-17(24-10-16-7-8-26-12-16)23-9-14-3-5-15(6-4-14)11-25-13-18(19,20)21;/h3-8,12H,2,9-11,13H2,1H3,(H2,22,23,24);1H. The molecule has 1 heterocycles. The maximum absolute atomic E-state index is 12.1. The number of benzene rings is 1. The lowest BCUT2D eigenvalue weighted by Crippen LogP contribution is -2.36. The van der Waals surface area contributed by atoms with Crippen molar-refractivity contribution < 1.29 is 17.9 Å². The monoisotopic (exact) mass is 513 g/mol. The Balaban J connectivity index is 0.00000364. The number of alkyl halides is 3. The van der Waals surface area contributed by atoms with E-state index in [2.05, 4.69) is 25.7 Å². The van der Waals surface area contributed by atoms with Crippen LogP contribution >= 0.6 is 35.3 Å². The predicted octanol–water partition coefficient (Wildman–Crippen LogP) is 4.70. The van der Waals surface area contributed by atoms with Crippen molar-refractivity contribution in [2.45, 2.75) is 32.8 Å². The summed E-state index contributed by atoms with van der Waals surface area (Å²) in [5.41, 5.74) is 2.87. The summed E-state index contributed by atoms with van der Waals surface area (Å²) in [5.74, 6) is 0.719. The van der Waals surface area contributed by atoms with Gasteiger partial charge in [-0.05, 0) is 40.4 Å². The highest BCUT2D eigenvalue weighted by atomic mass is 127. The highest BCUT2D eigenvalue weighted by Gasteiger charge is 2.27. The molecule has 0 unspecified atom stereocenters. The number of hydrogen-bond acceptors (Lipinski definition) is 3. The smallest absolute Gasteiger partial charge is 0.367 e. The highest BCUT2D eigenvalue weighted by Crippen LogP contribution is 2.15. The van der Waals surface area contributed by atoms with E-state index in [9.17, 15) is 13.2 Å². The van der Waals surface area contributed by atoms with Gasteiger partial charge in [0.15, 0.2) is 5.96 Å². The Bertz CT molecular complexity index is 676. The molecule has 1 aromatic heterocycles. The summed E-state index contributed by atoms with van der Waals surface area (Å²) in [5, 5.41) is 10.5. The van der Waals surface area contributed by atoms with Crippen LogP contribution in [-0.2, 0) is 24.4 Å². The lowest BCUT2D eigenvalue weighted by molar-refractivity contribution is -0.176. The number of nitrogens with one attached hydrogen (secondary N) is 2. The van der Waals surface area contributed by atoms with E-state index in [0.717, 1.165) is 23.6 Å². The predicted molar refractivity (Wildman–Crippen MR) is 114 cm³/mol. The van der Waals surface area contributed by atoms with Gasteiger partial charge < -0.3 is 15.4 Å². The van der Waals surface area contributed by atoms with E-state index in [1.165, 1.54) is 0 Å². The van der Waals surface area contributed by atoms with Crippen molar-refractivity contribution in [2.75, 3.05) is 13.2 Å². The summed E-state index contributed by atoms with van der Waals surface area (Å²) in [6.45, 7) is 2.64. The Morgan fingerprint density at radius 2 is 1.78 bits per heavy atom. The van der Waals surface area contributed by atoms with Gasteiger partial charge in [0.1, 0.15) is 6.61 Å². The van der Waals surface area contributed by atoms with Gasteiger partial charge in [-0.25, -0.2) is 4.99 Å². The van der Waals surface area contributed by atoms with Crippen LogP contribution in [0.25, 0.3) is 0 Å². The number of thiophene rings is 1. The van der Waals surface area contributed by atoms with E-state index in [0.29, 0.717) is 18.7 Å². The van der Waals surface area contributed by atoms with Crippen molar-refractivity contribution in [3.05, 3.63) is 57.8 Å². The lowest BCUT2D eigenvalue weighted by Gasteiger charge is -2.12. The van der Waals surface area contributed by atoms with Crippen molar-refractivity contribution in [1.29, 1.82) is 0 Å². The fourth-order valence-electron chi connectivity index (χ4n) is 2.12. The third-order valence-electron chi connectivity index (χ3n) is 3.36. The van der Waals surface area contributed by atoms with Crippen molar-refractivity contribution >= 4 is 41.3 Å². The number of rotatable bonds is 8. The summed E-state index contributed by atoms with van der Waals surface area (Å²) in [4.78, 5) is 4.53. The van der Waals surface area contributed by atoms with Crippen molar-refractivity contribution in [3.8, 4) is 0 Å². The molecule has 0 amide bonds. The summed E-state index contributed by atoms with van der Waals surface area (Å²) in [6.07, 6.45) is -4.30. The van der Waals surface area contributed by atoms with Crippen LogP contribution in [-0.4, -0.2) is 25.3 Å². The quantitative estimate of drug-likeness (QED) is 0.306. The molecule has 2 N–H and O–H groups in total. The third kappa shape index (κ3) is 9.96. The highest BCUT2D eigenvalue weighted by molar-refractivity contribution is 14.0. The van der Waals surface area contributed by atoms with Gasteiger partial charge in [0.25, 0.3) is 0 Å². The SMILES string of the molecule is CCNC(=NCc1ccsc1)NCc1ccc(COCC(F)(F)F)cc1.I. The van der Waals surface area contributed by atoms with E-state index in [-0.39, 0.29) is 30.6 Å². The lowest BCUT2D eigenvalue weighted by atomic mass is 10.1. The van der Waals surface area contributed by atoms with E-state index in [4.69, 9.17) is 0 Å². The molecule has 0 aliphatic carbocycles. The first-order valence-electron chi connectivity index (χ1n) is 8.22.